The highest BCUT2D eigenvalue weighted by Gasteiger charge is 2.23. The number of hydrogen-bond acceptors (Lipinski definition) is 5. The van der Waals surface area contributed by atoms with E-state index in [4.69, 9.17) is 21.7 Å². The van der Waals surface area contributed by atoms with E-state index in [0.29, 0.717) is 19.4 Å². The van der Waals surface area contributed by atoms with Crippen LogP contribution in [0, 0.1) is 0 Å². The number of amides is 1. The van der Waals surface area contributed by atoms with Crippen LogP contribution in [0.1, 0.15) is 32.1 Å². The Morgan fingerprint density at radius 3 is 2.21 bits per heavy atom. The van der Waals surface area contributed by atoms with E-state index in [1.165, 1.54) is 0 Å². The number of nitrogens with two attached hydrogens (primary N) is 2. The van der Waals surface area contributed by atoms with Crippen LogP contribution in [0.3, 0.4) is 0 Å². The third kappa shape index (κ3) is 8.11. The average Bonchev–Trinajstić information content (AvgIpc) is 2.34. The van der Waals surface area contributed by atoms with E-state index in [9.17, 15) is 14.4 Å². The van der Waals surface area contributed by atoms with Crippen LogP contribution in [0.4, 0.5) is 0 Å². The van der Waals surface area contributed by atoms with Gasteiger partial charge in [-0.15, -0.1) is 0 Å². The van der Waals surface area contributed by atoms with Crippen LogP contribution in [0.2, 0.25) is 0 Å². The Labute approximate surface area is 111 Å². The van der Waals surface area contributed by atoms with Gasteiger partial charge >= 0.3 is 11.9 Å². The number of hydrogen-bond donors (Lipinski definition) is 5. The van der Waals surface area contributed by atoms with Crippen molar-refractivity contribution in [1.82, 2.24) is 5.32 Å². The van der Waals surface area contributed by atoms with Crippen molar-refractivity contribution in [1.29, 1.82) is 0 Å². The van der Waals surface area contributed by atoms with Gasteiger partial charge in [0.2, 0.25) is 5.91 Å². The van der Waals surface area contributed by atoms with Crippen molar-refractivity contribution in [3.63, 3.8) is 0 Å². The van der Waals surface area contributed by atoms with Gasteiger partial charge in [0.1, 0.15) is 6.04 Å². The Bertz CT molecular complexity index is 321. The quantitative estimate of drug-likeness (QED) is 0.316. The van der Waals surface area contributed by atoms with Crippen LogP contribution in [-0.4, -0.2) is 46.7 Å². The van der Waals surface area contributed by atoms with Crippen LogP contribution in [0.5, 0.6) is 0 Å². The molecule has 0 unspecified atom stereocenters. The Hall–Kier alpha value is -1.67. The summed E-state index contributed by atoms with van der Waals surface area (Å²) in [5, 5.41) is 19.7. The Morgan fingerprint density at radius 2 is 1.74 bits per heavy atom. The molecular formula is C11H21N3O5. The molecule has 19 heavy (non-hydrogen) atoms. The predicted molar refractivity (Wildman–Crippen MR) is 67.3 cm³/mol. The number of carbonyl (C=O) groups excluding carboxylic acids is 1. The molecule has 0 aliphatic rings. The van der Waals surface area contributed by atoms with E-state index in [1.54, 1.807) is 0 Å². The Balaban J connectivity index is 4.21. The first-order valence-electron chi connectivity index (χ1n) is 6.09. The van der Waals surface area contributed by atoms with Crippen LogP contribution in [-0.2, 0) is 14.4 Å². The van der Waals surface area contributed by atoms with E-state index in [2.05, 4.69) is 5.32 Å². The first-order chi connectivity index (χ1) is 8.88. The Kier molecular flexibility index (Phi) is 8.47. The fourth-order valence-electron chi connectivity index (χ4n) is 1.44. The van der Waals surface area contributed by atoms with Crippen molar-refractivity contribution in [2.45, 2.75) is 44.2 Å². The summed E-state index contributed by atoms with van der Waals surface area (Å²) in [6.45, 7) is 0.457. The normalized spacial score (nSPS) is 13.6. The fraction of sp³-hybridized carbons (Fsp3) is 0.727. The molecular weight excluding hydrogens is 254 g/mol. The number of carboxylic acid groups (broad SMARTS) is 2. The number of rotatable bonds is 10. The summed E-state index contributed by atoms with van der Waals surface area (Å²) in [5.74, 6) is -2.85. The zero-order chi connectivity index (χ0) is 14.8. The fourth-order valence-corrected chi connectivity index (χ4v) is 1.44. The van der Waals surface area contributed by atoms with Crippen molar-refractivity contribution < 1.29 is 24.6 Å². The van der Waals surface area contributed by atoms with Crippen LogP contribution in [0.25, 0.3) is 0 Å². The molecule has 110 valence electrons. The topological polar surface area (TPSA) is 156 Å². The molecule has 0 aliphatic heterocycles. The van der Waals surface area contributed by atoms with Gasteiger partial charge in [-0.05, 0) is 32.2 Å². The van der Waals surface area contributed by atoms with Gasteiger partial charge in [-0.3, -0.25) is 9.59 Å². The summed E-state index contributed by atoms with van der Waals surface area (Å²) in [4.78, 5) is 32.9. The molecule has 0 rings (SSSR count). The zero-order valence-electron chi connectivity index (χ0n) is 10.7. The second-order valence-corrected chi connectivity index (χ2v) is 4.22. The lowest BCUT2D eigenvalue weighted by atomic mass is 10.1. The summed E-state index contributed by atoms with van der Waals surface area (Å²) in [6.07, 6.45) is 1.25. The molecule has 8 heteroatoms. The van der Waals surface area contributed by atoms with Crippen molar-refractivity contribution >= 4 is 17.8 Å². The largest absolute Gasteiger partial charge is 0.481 e. The second kappa shape index (κ2) is 9.29. The molecule has 0 saturated heterocycles. The van der Waals surface area contributed by atoms with Crippen molar-refractivity contribution in [3.8, 4) is 0 Å². The number of nitrogens with one attached hydrogen (secondary N) is 1. The smallest absolute Gasteiger partial charge is 0.326 e. The number of carbonyl (C=O) groups is 3. The molecule has 0 fully saturated rings. The van der Waals surface area contributed by atoms with E-state index in [-0.39, 0.29) is 19.3 Å². The number of carboxylic acids is 2. The first kappa shape index (κ1) is 17.3. The molecule has 0 heterocycles. The van der Waals surface area contributed by atoms with E-state index < -0.39 is 29.9 Å². The highest BCUT2D eigenvalue weighted by Crippen LogP contribution is 2.02. The molecule has 0 aromatic rings. The monoisotopic (exact) mass is 275 g/mol. The van der Waals surface area contributed by atoms with Gasteiger partial charge in [0.25, 0.3) is 0 Å². The Morgan fingerprint density at radius 1 is 1.11 bits per heavy atom. The van der Waals surface area contributed by atoms with Crippen LogP contribution >= 0.6 is 0 Å². The van der Waals surface area contributed by atoms with Gasteiger partial charge in [0, 0.05) is 6.42 Å². The molecule has 7 N–H and O–H groups in total. The van der Waals surface area contributed by atoms with Crippen molar-refractivity contribution in [3.05, 3.63) is 0 Å². The second-order valence-electron chi connectivity index (χ2n) is 4.22. The van der Waals surface area contributed by atoms with Gasteiger partial charge in [-0.2, -0.15) is 0 Å². The maximum atomic E-state index is 11.6. The molecule has 0 radical (unpaired) electrons. The molecule has 0 aliphatic carbocycles. The molecule has 8 nitrogen and oxygen atoms in total. The summed E-state index contributed by atoms with van der Waals surface area (Å²) in [7, 11) is 0. The molecule has 0 spiro atoms. The highest BCUT2D eigenvalue weighted by atomic mass is 16.4. The molecule has 0 aromatic heterocycles. The van der Waals surface area contributed by atoms with Gasteiger partial charge in [-0.1, -0.05) is 0 Å². The SMILES string of the molecule is NCCCC[C@H](NC(=O)[C@H](N)CCC(=O)O)C(=O)O. The maximum Gasteiger partial charge on any atom is 0.326 e. The average molecular weight is 275 g/mol. The van der Waals surface area contributed by atoms with E-state index >= 15 is 0 Å². The molecule has 0 bridgehead atoms. The lowest BCUT2D eigenvalue weighted by molar-refractivity contribution is -0.142. The van der Waals surface area contributed by atoms with Gasteiger partial charge in [0.05, 0.1) is 6.04 Å². The predicted octanol–water partition coefficient (Wildman–Crippen LogP) is -1.12. The van der Waals surface area contributed by atoms with E-state index in [0.717, 1.165) is 0 Å². The minimum absolute atomic E-state index is 0.0314. The van der Waals surface area contributed by atoms with Gasteiger partial charge in [0.15, 0.2) is 0 Å². The molecule has 1 amide bonds. The van der Waals surface area contributed by atoms with Crippen LogP contribution < -0.4 is 16.8 Å². The number of aliphatic carboxylic acids is 2. The third-order valence-electron chi connectivity index (χ3n) is 2.57. The first-order valence-corrected chi connectivity index (χ1v) is 6.09. The minimum Gasteiger partial charge on any atom is -0.481 e. The van der Waals surface area contributed by atoms with Crippen LogP contribution in [0.15, 0.2) is 0 Å². The summed E-state index contributed by atoms with van der Waals surface area (Å²) in [6, 6.07) is -2.04. The van der Waals surface area contributed by atoms with Gasteiger partial charge in [-0.25, -0.2) is 4.79 Å². The van der Waals surface area contributed by atoms with E-state index in [1.807, 2.05) is 0 Å². The molecule has 0 saturated carbocycles. The van der Waals surface area contributed by atoms with Crippen molar-refractivity contribution in [2.75, 3.05) is 6.54 Å². The minimum atomic E-state index is -1.14. The lowest BCUT2D eigenvalue weighted by Crippen LogP contribution is -2.48. The summed E-state index contributed by atoms with van der Waals surface area (Å²) < 4.78 is 0. The third-order valence-corrected chi connectivity index (χ3v) is 2.57. The summed E-state index contributed by atoms with van der Waals surface area (Å²) in [5.41, 5.74) is 10.8. The zero-order valence-corrected chi connectivity index (χ0v) is 10.7. The molecule has 2 atom stereocenters. The van der Waals surface area contributed by atoms with Gasteiger partial charge < -0.3 is 27.0 Å². The maximum absolute atomic E-state index is 11.6. The summed E-state index contributed by atoms with van der Waals surface area (Å²) >= 11 is 0. The van der Waals surface area contributed by atoms with Crippen molar-refractivity contribution in [2.24, 2.45) is 11.5 Å². The number of unbranched alkanes of at least 4 members (excludes halogenated alkanes) is 1. The lowest BCUT2D eigenvalue weighted by Gasteiger charge is -2.17. The highest BCUT2D eigenvalue weighted by molar-refractivity contribution is 5.87. The molecule has 0 aromatic carbocycles. The standard InChI is InChI=1S/C11H21N3O5/c12-6-2-1-3-8(11(18)19)14-10(17)7(13)4-5-9(15)16/h7-8H,1-6,12-13H2,(H,14,17)(H,15,16)(H,18,19)/t7-,8+/m1/s1.